The van der Waals surface area contributed by atoms with Gasteiger partial charge in [-0.1, -0.05) is 73.9 Å². The molecule has 0 radical (unpaired) electrons. The number of primary amides is 1. The summed E-state index contributed by atoms with van der Waals surface area (Å²) in [5, 5.41) is 23.2. The van der Waals surface area contributed by atoms with Crippen molar-refractivity contribution in [3.05, 3.63) is 71.3 Å². The minimum Gasteiger partial charge on any atom is -0.384 e. The number of nitrogens with two attached hydrogens (primary N) is 3. The predicted octanol–water partition coefficient (Wildman–Crippen LogP) is 1.09. The molecule has 46 heavy (non-hydrogen) atoms. The van der Waals surface area contributed by atoms with Gasteiger partial charge in [0, 0.05) is 25.7 Å². The fraction of sp³-hybridized carbons (Fsp3) is 0.455. The van der Waals surface area contributed by atoms with E-state index in [2.05, 4.69) is 16.0 Å². The Labute approximate surface area is 270 Å². The number of hydrogen-bond donors (Lipinski definition) is 8. The van der Waals surface area contributed by atoms with Gasteiger partial charge in [-0.25, -0.2) is 0 Å². The number of carbonyl (C=O) groups excluding carboxylic acids is 4. The lowest BCUT2D eigenvalue weighted by Crippen LogP contribution is -2.57. The largest absolute Gasteiger partial charge is 0.384 e. The summed E-state index contributed by atoms with van der Waals surface area (Å²) in [5.41, 5.74) is 18.6. The van der Waals surface area contributed by atoms with Crippen molar-refractivity contribution in [2.75, 3.05) is 13.6 Å². The van der Waals surface area contributed by atoms with Crippen molar-refractivity contribution < 1.29 is 19.2 Å². The third-order valence-corrected chi connectivity index (χ3v) is 8.30. The Morgan fingerprint density at radius 2 is 1.52 bits per heavy atom. The fourth-order valence-electron chi connectivity index (χ4n) is 5.74. The second-order valence-electron chi connectivity index (χ2n) is 11.9. The van der Waals surface area contributed by atoms with Crippen LogP contribution in [0.3, 0.4) is 0 Å². The number of rotatable bonds is 16. The van der Waals surface area contributed by atoms with Gasteiger partial charge >= 0.3 is 0 Å². The Morgan fingerprint density at radius 1 is 0.870 bits per heavy atom. The molecule has 0 heterocycles. The lowest BCUT2D eigenvalue weighted by molar-refractivity contribution is -0.143. The van der Waals surface area contributed by atoms with E-state index in [1.807, 2.05) is 30.3 Å². The van der Waals surface area contributed by atoms with Crippen molar-refractivity contribution >= 4 is 35.4 Å². The first-order valence-corrected chi connectivity index (χ1v) is 15.7. The van der Waals surface area contributed by atoms with Crippen LogP contribution in [-0.4, -0.2) is 66.0 Å². The van der Waals surface area contributed by atoms with Crippen LogP contribution in [-0.2, 0) is 32.1 Å². The van der Waals surface area contributed by atoms with E-state index in [0.717, 1.165) is 24.8 Å². The van der Waals surface area contributed by atoms with Crippen molar-refractivity contribution in [2.45, 2.75) is 70.0 Å². The molecule has 0 bridgehead atoms. The molecule has 248 valence electrons. The summed E-state index contributed by atoms with van der Waals surface area (Å²) in [6.07, 6.45) is 4.93. The summed E-state index contributed by atoms with van der Waals surface area (Å²) in [4.78, 5) is 55.4. The normalized spacial score (nSPS) is 15.1. The molecule has 3 rings (SSSR count). The zero-order valence-electron chi connectivity index (χ0n) is 26.4. The molecule has 1 saturated carbocycles. The van der Waals surface area contributed by atoms with Gasteiger partial charge in [0.1, 0.15) is 23.8 Å². The average Bonchev–Trinajstić information content (AvgIpc) is 3.04. The molecule has 1 fully saturated rings. The molecule has 13 heteroatoms. The van der Waals surface area contributed by atoms with Gasteiger partial charge in [-0.05, 0) is 49.1 Å². The molecule has 11 N–H and O–H groups in total. The molecule has 0 saturated heterocycles. The highest BCUT2D eigenvalue weighted by atomic mass is 16.2. The summed E-state index contributed by atoms with van der Waals surface area (Å²) in [7, 11) is 1.64. The Kier molecular flexibility index (Phi) is 13.5. The molecule has 3 atom stereocenters. The maximum atomic E-state index is 14.0. The standard InChI is InChI=1S/C33H47N9O4/c1-42(20-22-9-4-2-5-10-22)32(46)25(19-21-14-16-24(17-15-21)28(34)35)30(44)41-27(23-11-6-3-7-12-23)31(45)40-26(29(36)43)13-8-18-39-33(37)38/h2,4-5,9-10,14-17,23,25-27H,3,6-8,11-13,18-20H2,1H3,(H3,34,35)(H2,36,43)(H,40,45)(H,41,44)(H4,37,38,39)/t25?,26?,27-/m0/s1. The van der Waals surface area contributed by atoms with Gasteiger partial charge in [0.05, 0.1) is 0 Å². The molecule has 2 unspecified atom stereocenters. The van der Waals surface area contributed by atoms with Crippen molar-refractivity contribution in [1.29, 1.82) is 10.8 Å². The zero-order valence-corrected chi connectivity index (χ0v) is 26.4. The maximum Gasteiger partial charge on any atom is 0.243 e. The number of nitrogen functional groups attached to an aromatic ring is 1. The molecule has 13 nitrogen and oxygen atoms in total. The number of amides is 4. The molecule has 0 spiro atoms. The summed E-state index contributed by atoms with van der Waals surface area (Å²) in [6.45, 7) is 0.615. The molecule has 4 amide bonds. The molecular weight excluding hydrogens is 586 g/mol. The lowest BCUT2D eigenvalue weighted by atomic mass is 9.83. The van der Waals surface area contributed by atoms with Crippen LogP contribution in [0, 0.1) is 22.7 Å². The van der Waals surface area contributed by atoms with Crippen molar-refractivity contribution in [1.82, 2.24) is 20.9 Å². The van der Waals surface area contributed by atoms with Crippen LogP contribution in [0.1, 0.15) is 61.6 Å². The first-order chi connectivity index (χ1) is 22.0. The molecular formula is C33H47N9O4. The van der Waals surface area contributed by atoms with Gasteiger partial charge in [0.25, 0.3) is 0 Å². The van der Waals surface area contributed by atoms with Crippen LogP contribution >= 0.6 is 0 Å². The lowest BCUT2D eigenvalue weighted by Gasteiger charge is -2.32. The van der Waals surface area contributed by atoms with E-state index in [0.29, 0.717) is 36.9 Å². The molecule has 1 aliphatic rings. The van der Waals surface area contributed by atoms with Gasteiger partial charge < -0.3 is 38.1 Å². The van der Waals surface area contributed by atoms with Crippen LogP contribution in [0.5, 0.6) is 0 Å². The Bertz CT molecular complexity index is 1360. The fourth-order valence-corrected chi connectivity index (χ4v) is 5.74. The maximum absolute atomic E-state index is 14.0. The summed E-state index contributed by atoms with van der Waals surface area (Å²) in [5.74, 6) is -3.87. The highest BCUT2D eigenvalue weighted by molar-refractivity contribution is 6.02. The van der Waals surface area contributed by atoms with E-state index >= 15 is 0 Å². The third-order valence-electron chi connectivity index (χ3n) is 8.30. The van der Waals surface area contributed by atoms with Crippen LogP contribution in [0.15, 0.2) is 54.6 Å². The van der Waals surface area contributed by atoms with Crippen molar-refractivity contribution in [3.8, 4) is 0 Å². The molecule has 0 aliphatic heterocycles. The minimum absolute atomic E-state index is 0.0635. The second-order valence-corrected chi connectivity index (χ2v) is 11.9. The predicted molar refractivity (Wildman–Crippen MR) is 176 cm³/mol. The van der Waals surface area contributed by atoms with E-state index in [1.54, 1.807) is 31.3 Å². The summed E-state index contributed by atoms with van der Waals surface area (Å²) < 4.78 is 0. The molecule has 2 aromatic rings. The van der Waals surface area contributed by atoms with E-state index in [9.17, 15) is 19.2 Å². The molecule has 1 aliphatic carbocycles. The quantitative estimate of drug-likeness (QED) is 0.0579. The van der Waals surface area contributed by atoms with Crippen molar-refractivity contribution in [2.24, 2.45) is 29.0 Å². The van der Waals surface area contributed by atoms with Gasteiger partial charge in [-0.3, -0.25) is 30.0 Å². The number of hydrogen-bond acceptors (Lipinski definition) is 6. The Hall–Kier alpha value is -4.94. The zero-order chi connectivity index (χ0) is 33.6. The van der Waals surface area contributed by atoms with Gasteiger partial charge in [0.15, 0.2) is 5.96 Å². The van der Waals surface area contributed by atoms with Gasteiger partial charge in [-0.15, -0.1) is 0 Å². The first-order valence-electron chi connectivity index (χ1n) is 15.7. The number of guanidine groups is 1. The monoisotopic (exact) mass is 633 g/mol. The number of nitrogens with one attached hydrogen (secondary N) is 5. The minimum atomic E-state index is -1.15. The molecule has 0 aromatic heterocycles. The Balaban J connectivity index is 1.85. The number of benzene rings is 2. The van der Waals surface area contributed by atoms with Crippen LogP contribution in [0.4, 0.5) is 0 Å². The highest BCUT2D eigenvalue weighted by Gasteiger charge is 2.37. The van der Waals surface area contributed by atoms with Gasteiger partial charge in [0.2, 0.25) is 23.6 Å². The topological polar surface area (TPSA) is 233 Å². The number of amidine groups is 1. The Morgan fingerprint density at radius 3 is 2.11 bits per heavy atom. The smallest absolute Gasteiger partial charge is 0.243 e. The van der Waals surface area contributed by atoms with E-state index in [-0.39, 0.29) is 37.1 Å². The van der Waals surface area contributed by atoms with E-state index in [4.69, 9.17) is 28.0 Å². The highest BCUT2D eigenvalue weighted by Crippen LogP contribution is 2.27. The van der Waals surface area contributed by atoms with Crippen molar-refractivity contribution in [3.63, 3.8) is 0 Å². The second kappa shape index (κ2) is 17.5. The summed E-state index contributed by atoms with van der Waals surface area (Å²) in [6, 6.07) is 14.3. The SMILES string of the molecule is CN(Cc1ccccc1)C(=O)C(Cc1ccc(C(=N)N)cc1)C(=O)N[C@H](C(=O)NC(CCCNC(=N)N)C(N)=O)C1CCCCC1. The van der Waals surface area contributed by atoms with E-state index in [1.165, 1.54) is 4.90 Å². The summed E-state index contributed by atoms with van der Waals surface area (Å²) >= 11 is 0. The number of carbonyl (C=O) groups is 4. The molecule has 2 aromatic carbocycles. The van der Waals surface area contributed by atoms with Crippen LogP contribution in [0.2, 0.25) is 0 Å². The average molecular weight is 634 g/mol. The van der Waals surface area contributed by atoms with E-state index < -0.39 is 41.6 Å². The van der Waals surface area contributed by atoms with Crippen LogP contribution in [0.25, 0.3) is 0 Å². The third kappa shape index (κ3) is 10.9. The van der Waals surface area contributed by atoms with Gasteiger partial charge in [-0.2, -0.15) is 0 Å². The van der Waals surface area contributed by atoms with Crippen LogP contribution < -0.4 is 33.2 Å². The number of nitrogens with zero attached hydrogens (tertiary/aromatic N) is 1. The first kappa shape index (κ1) is 35.5.